The second kappa shape index (κ2) is 36.5. The number of nitrogens with one attached hydrogen (secondary N) is 1. The van der Waals surface area contributed by atoms with Crippen LogP contribution in [0, 0.1) is 0 Å². The molecule has 0 radical (unpaired) electrons. The van der Waals surface area contributed by atoms with Gasteiger partial charge in [0.2, 0.25) is 6.41 Å². The monoisotopic (exact) mass is 707 g/mol. The highest BCUT2D eigenvalue weighted by atomic mass is 16.5. The largest absolute Gasteiger partial charge is 0.462 e. The number of amidine groups is 1. The highest BCUT2D eigenvalue weighted by Crippen LogP contribution is 2.18. The molecule has 1 N–H and O–H groups in total. The summed E-state index contributed by atoms with van der Waals surface area (Å²) in [5, 5.41) is 2.43. The maximum Gasteiger partial charge on any atom is 0.306 e. The van der Waals surface area contributed by atoms with Gasteiger partial charge < -0.3 is 24.6 Å². The number of amides is 2. The zero-order chi connectivity index (χ0) is 36.9. The minimum atomic E-state index is -0.307. The van der Waals surface area contributed by atoms with E-state index in [0.29, 0.717) is 25.8 Å². The third kappa shape index (κ3) is 30.5. The summed E-state index contributed by atoms with van der Waals surface area (Å²) in [4.78, 5) is 54.7. The molecule has 50 heavy (non-hydrogen) atoms. The predicted molar refractivity (Wildman–Crippen MR) is 209 cm³/mol. The number of aldehydes is 1. The van der Waals surface area contributed by atoms with E-state index in [9.17, 15) is 19.2 Å². The van der Waals surface area contributed by atoms with E-state index in [4.69, 9.17) is 4.74 Å². The Bertz CT molecular complexity index is 835. The van der Waals surface area contributed by atoms with Crippen molar-refractivity contribution >= 4 is 30.4 Å². The number of rotatable bonds is 36. The van der Waals surface area contributed by atoms with Crippen molar-refractivity contribution in [1.82, 2.24) is 15.1 Å². The summed E-state index contributed by atoms with van der Waals surface area (Å²) in [6.45, 7) is 7.92. The van der Waals surface area contributed by atoms with Crippen molar-refractivity contribution in [2.75, 3.05) is 40.3 Å². The number of aliphatic imine (C=N–C) groups is 1. The quantitative estimate of drug-likeness (QED) is 0.0229. The summed E-state index contributed by atoms with van der Waals surface area (Å²) < 4.78 is 6.03. The number of nitrogens with zero attached hydrogens (tertiary/aromatic N) is 3. The van der Waals surface area contributed by atoms with Crippen LogP contribution in [-0.4, -0.2) is 86.6 Å². The van der Waals surface area contributed by atoms with E-state index in [2.05, 4.69) is 29.1 Å². The van der Waals surface area contributed by atoms with Gasteiger partial charge in [-0.15, -0.1) is 0 Å². The molecule has 0 aromatic heterocycles. The highest BCUT2D eigenvalue weighted by molar-refractivity contribution is 6.39. The third-order valence-corrected chi connectivity index (χ3v) is 9.42. The van der Waals surface area contributed by atoms with E-state index < -0.39 is 0 Å². The Kier molecular flexibility index (Phi) is 34.8. The lowest BCUT2D eigenvalue weighted by atomic mass is 10.0. The van der Waals surface area contributed by atoms with Crippen LogP contribution in [0.25, 0.3) is 0 Å². The number of hydrogen-bond acceptors (Lipinski definition) is 7. The van der Waals surface area contributed by atoms with Crippen LogP contribution in [0.2, 0.25) is 0 Å². The molecule has 0 fully saturated rings. The van der Waals surface area contributed by atoms with Gasteiger partial charge in [-0.1, -0.05) is 117 Å². The molecule has 0 unspecified atom stereocenters. The van der Waals surface area contributed by atoms with Crippen LogP contribution in [0.4, 0.5) is 0 Å². The third-order valence-electron chi connectivity index (χ3n) is 9.42. The predicted octanol–water partition coefficient (Wildman–Crippen LogP) is 9.20. The van der Waals surface area contributed by atoms with Crippen LogP contribution in [0.15, 0.2) is 4.99 Å². The van der Waals surface area contributed by atoms with E-state index in [-0.39, 0.29) is 23.8 Å². The zero-order valence-corrected chi connectivity index (χ0v) is 33.0. The summed E-state index contributed by atoms with van der Waals surface area (Å²) in [7, 11) is 3.28. The van der Waals surface area contributed by atoms with Crippen LogP contribution >= 0.6 is 0 Å². The second-order valence-corrected chi connectivity index (χ2v) is 14.4. The second-order valence-electron chi connectivity index (χ2n) is 14.4. The number of carbonyl (C=O) groups is 4. The van der Waals surface area contributed by atoms with Crippen molar-refractivity contribution in [2.45, 2.75) is 193 Å². The van der Waals surface area contributed by atoms with Crippen molar-refractivity contribution in [2.24, 2.45) is 4.99 Å². The van der Waals surface area contributed by atoms with Crippen LogP contribution in [0.3, 0.4) is 0 Å². The molecular weight excluding hydrogens is 628 g/mol. The summed E-state index contributed by atoms with van der Waals surface area (Å²) in [6, 6.07) is 0. The van der Waals surface area contributed by atoms with E-state index in [1.807, 2.05) is 0 Å². The fraction of sp³-hybridized carbons (Fsp3) is 0.878. The average molecular weight is 707 g/mol. The standard InChI is InChI=1S/C41H78N4O5/c1-5-7-9-11-16-22-29-38(30-23-17-12-10-8-6-2)50-39(48)31-24-18-15-20-26-34-45(33-25-19-13-14-21-27-36-46)35-28-32-42-40(43-37-47)41(49)44(3)4/h36-38H,5-35H2,1-4H3,(H,42,43,47). The zero-order valence-electron chi connectivity index (χ0n) is 33.0. The van der Waals surface area contributed by atoms with Crippen molar-refractivity contribution in [3.63, 3.8) is 0 Å². The topological polar surface area (TPSA) is 108 Å². The van der Waals surface area contributed by atoms with Crippen molar-refractivity contribution < 1.29 is 23.9 Å². The number of ether oxygens (including phenoxy) is 1. The summed E-state index contributed by atoms with van der Waals surface area (Å²) >= 11 is 0. The van der Waals surface area contributed by atoms with E-state index >= 15 is 0 Å². The van der Waals surface area contributed by atoms with Gasteiger partial charge in [0.15, 0.2) is 5.84 Å². The van der Waals surface area contributed by atoms with Gasteiger partial charge in [0.05, 0.1) is 0 Å². The first-order valence-corrected chi connectivity index (χ1v) is 20.7. The first-order valence-electron chi connectivity index (χ1n) is 20.7. The fourth-order valence-corrected chi connectivity index (χ4v) is 6.30. The summed E-state index contributed by atoms with van der Waals surface area (Å²) in [6.07, 6.45) is 31.7. The van der Waals surface area contributed by atoms with Gasteiger partial charge in [0.25, 0.3) is 5.91 Å². The Morgan fingerprint density at radius 1 is 0.640 bits per heavy atom. The molecule has 0 aromatic rings. The van der Waals surface area contributed by atoms with Gasteiger partial charge in [-0.2, -0.15) is 0 Å². The number of carbonyl (C=O) groups excluding carboxylic acids is 4. The number of unbranched alkanes of at least 4 members (excludes halogenated alkanes) is 19. The van der Waals surface area contributed by atoms with Crippen molar-refractivity contribution in [3.8, 4) is 0 Å². The maximum absolute atomic E-state index is 12.8. The molecule has 9 nitrogen and oxygen atoms in total. The molecule has 292 valence electrons. The van der Waals surface area contributed by atoms with Crippen LogP contribution in [-0.2, 0) is 23.9 Å². The number of hydrogen-bond donors (Lipinski definition) is 1. The molecule has 0 aliphatic carbocycles. The molecule has 2 amide bonds. The molecule has 0 bridgehead atoms. The van der Waals surface area contributed by atoms with Crippen LogP contribution < -0.4 is 5.32 Å². The molecule has 0 spiro atoms. The molecule has 0 aromatic carbocycles. The summed E-state index contributed by atoms with van der Waals surface area (Å²) in [5.74, 6) is -0.231. The van der Waals surface area contributed by atoms with Gasteiger partial charge in [-0.25, -0.2) is 0 Å². The van der Waals surface area contributed by atoms with Gasteiger partial charge in [0.1, 0.15) is 12.4 Å². The van der Waals surface area contributed by atoms with Crippen LogP contribution in [0.5, 0.6) is 0 Å². The van der Waals surface area contributed by atoms with Crippen molar-refractivity contribution in [3.05, 3.63) is 0 Å². The number of esters is 1. The smallest absolute Gasteiger partial charge is 0.306 e. The molecule has 0 rings (SSSR count). The Balaban J connectivity index is 4.58. The molecule has 0 heterocycles. The molecule has 9 heteroatoms. The lowest BCUT2D eigenvalue weighted by Crippen LogP contribution is -2.39. The molecular formula is C41H78N4O5. The minimum absolute atomic E-state index is 0.00857. The van der Waals surface area contributed by atoms with Crippen molar-refractivity contribution in [1.29, 1.82) is 0 Å². The fourth-order valence-electron chi connectivity index (χ4n) is 6.30. The van der Waals surface area contributed by atoms with E-state index in [0.717, 1.165) is 122 Å². The first-order chi connectivity index (χ1) is 24.4. The Morgan fingerprint density at radius 2 is 1.12 bits per heavy atom. The Hall–Kier alpha value is -2.29. The lowest BCUT2D eigenvalue weighted by Gasteiger charge is -2.22. The van der Waals surface area contributed by atoms with E-state index in [1.54, 1.807) is 14.1 Å². The Morgan fingerprint density at radius 3 is 1.64 bits per heavy atom. The lowest BCUT2D eigenvalue weighted by molar-refractivity contribution is -0.150. The molecule has 0 aliphatic heterocycles. The van der Waals surface area contributed by atoms with Gasteiger partial charge >= 0.3 is 5.97 Å². The Labute approximate surface area is 307 Å². The molecule has 0 saturated carbocycles. The average Bonchev–Trinajstić information content (AvgIpc) is 3.10. The molecule has 0 aliphatic rings. The van der Waals surface area contributed by atoms with Gasteiger partial charge in [-0.05, 0) is 77.4 Å². The first kappa shape index (κ1) is 47.7. The normalized spacial score (nSPS) is 11.7. The molecule has 0 atom stereocenters. The van der Waals surface area contributed by atoms with Gasteiger partial charge in [0, 0.05) is 33.5 Å². The number of likely N-dealkylation sites (N-methyl/N-ethyl adjacent to an activating group) is 1. The van der Waals surface area contributed by atoms with E-state index in [1.165, 1.54) is 69.1 Å². The molecule has 0 saturated heterocycles. The van der Waals surface area contributed by atoms with Crippen LogP contribution in [0.1, 0.15) is 187 Å². The minimum Gasteiger partial charge on any atom is -0.462 e. The SMILES string of the molecule is CCCCCCCCC(CCCCCCCC)OC(=O)CCCCCCCN(CCCCCCCC=O)CCCN=C(NC=O)C(=O)N(C)C. The maximum atomic E-state index is 12.8. The highest BCUT2D eigenvalue weighted by Gasteiger charge is 2.15. The summed E-state index contributed by atoms with van der Waals surface area (Å²) in [5.41, 5.74) is 0. The van der Waals surface area contributed by atoms with Gasteiger partial charge in [-0.3, -0.25) is 19.4 Å².